The molecule has 0 aliphatic carbocycles. The van der Waals surface area contributed by atoms with E-state index in [0.29, 0.717) is 6.42 Å². The third-order valence-electron chi connectivity index (χ3n) is 4.11. The van der Waals surface area contributed by atoms with Crippen LogP contribution in [0.2, 0.25) is 39.3 Å². The van der Waals surface area contributed by atoms with Crippen LogP contribution in [-0.2, 0) is 16.3 Å². The molecule has 1 atom stereocenters. The van der Waals surface area contributed by atoms with Crippen LogP contribution in [0.15, 0.2) is 42.5 Å². The van der Waals surface area contributed by atoms with E-state index in [4.69, 9.17) is 0 Å². The van der Waals surface area contributed by atoms with Crippen molar-refractivity contribution in [3.8, 4) is 0 Å². The van der Waals surface area contributed by atoms with Gasteiger partial charge in [0.15, 0.2) is 9.84 Å². The van der Waals surface area contributed by atoms with Crippen LogP contribution < -0.4 is 0 Å². The van der Waals surface area contributed by atoms with E-state index in [1.165, 1.54) is 0 Å². The first-order chi connectivity index (χ1) is 10.3. The van der Waals surface area contributed by atoms with Crippen molar-refractivity contribution >= 4 is 26.0 Å². The van der Waals surface area contributed by atoms with Gasteiger partial charge in [0.25, 0.3) is 0 Å². The summed E-state index contributed by atoms with van der Waals surface area (Å²) in [7, 11) is -6.95. The first-order valence-corrected chi connectivity index (χ1v) is 17.0. The molecule has 5 heteroatoms. The van der Waals surface area contributed by atoms with E-state index in [-0.39, 0.29) is 4.50 Å². The molecule has 0 aromatic heterocycles. The SMILES string of the molecule is C=C(C)[C@@H](Cc1ccccc1)S(=O)(=O)C([Si](C)(C)C)[Si](C)(C)C. The van der Waals surface area contributed by atoms with Gasteiger partial charge in [-0.05, 0) is 18.9 Å². The normalized spacial score (nSPS) is 14.8. The molecule has 23 heavy (non-hydrogen) atoms. The highest BCUT2D eigenvalue weighted by Gasteiger charge is 2.49. The van der Waals surface area contributed by atoms with Gasteiger partial charge in [0.05, 0.1) is 21.4 Å². The summed E-state index contributed by atoms with van der Waals surface area (Å²) in [6.07, 6.45) is 0.532. The molecule has 0 spiro atoms. The van der Waals surface area contributed by atoms with Crippen LogP contribution in [0, 0.1) is 0 Å². The second-order valence-electron chi connectivity index (χ2n) is 8.73. The Morgan fingerprint density at radius 2 is 1.43 bits per heavy atom. The van der Waals surface area contributed by atoms with Crippen LogP contribution in [0.1, 0.15) is 12.5 Å². The van der Waals surface area contributed by atoms with E-state index in [9.17, 15) is 8.42 Å². The van der Waals surface area contributed by atoms with Crippen molar-refractivity contribution < 1.29 is 8.42 Å². The van der Waals surface area contributed by atoms with Crippen LogP contribution in [0.25, 0.3) is 0 Å². The highest BCUT2D eigenvalue weighted by atomic mass is 32.2. The van der Waals surface area contributed by atoms with Gasteiger partial charge >= 0.3 is 0 Å². The van der Waals surface area contributed by atoms with Gasteiger partial charge in [0.2, 0.25) is 0 Å². The molecule has 0 aliphatic rings. The average Bonchev–Trinajstić information content (AvgIpc) is 2.32. The predicted molar refractivity (Wildman–Crippen MR) is 108 cm³/mol. The highest BCUT2D eigenvalue weighted by Crippen LogP contribution is 2.32. The lowest BCUT2D eigenvalue weighted by molar-refractivity contribution is 0.586. The van der Waals surface area contributed by atoms with Crippen molar-refractivity contribution in [2.24, 2.45) is 0 Å². The minimum atomic E-state index is -3.25. The summed E-state index contributed by atoms with van der Waals surface area (Å²) < 4.78 is 27.0. The first-order valence-electron chi connectivity index (χ1n) is 8.20. The van der Waals surface area contributed by atoms with Crippen LogP contribution in [0.4, 0.5) is 0 Å². The highest BCUT2D eigenvalue weighted by molar-refractivity contribution is 7.96. The number of hydrogen-bond acceptors (Lipinski definition) is 2. The molecule has 130 valence electrons. The number of rotatable bonds is 7. The second kappa shape index (κ2) is 7.07. The topological polar surface area (TPSA) is 34.1 Å². The van der Waals surface area contributed by atoms with Crippen molar-refractivity contribution in [2.75, 3.05) is 0 Å². The Hall–Kier alpha value is -0.656. The summed E-state index contributed by atoms with van der Waals surface area (Å²) >= 11 is 0. The smallest absolute Gasteiger partial charge is 0.155 e. The van der Waals surface area contributed by atoms with E-state index in [2.05, 4.69) is 45.9 Å². The van der Waals surface area contributed by atoms with E-state index in [0.717, 1.165) is 11.1 Å². The summed E-state index contributed by atoms with van der Waals surface area (Å²) in [4.78, 5) is 0. The maximum Gasteiger partial charge on any atom is 0.155 e. The van der Waals surface area contributed by atoms with Gasteiger partial charge in [-0.3, -0.25) is 0 Å². The summed E-state index contributed by atoms with van der Waals surface area (Å²) in [6.45, 7) is 19.0. The van der Waals surface area contributed by atoms with Crippen LogP contribution in [0.5, 0.6) is 0 Å². The van der Waals surface area contributed by atoms with Gasteiger partial charge in [-0.15, -0.1) is 0 Å². The van der Waals surface area contributed by atoms with Gasteiger partial charge in [-0.2, -0.15) is 0 Å². The van der Waals surface area contributed by atoms with Gasteiger partial charge in [-0.1, -0.05) is 81.8 Å². The Kier molecular flexibility index (Phi) is 6.27. The Balaban J connectivity index is 3.36. The van der Waals surface area contributed by atoms with Crippen molar-refractivity contribution in [3.05, 3.63) is 48.0 Å². The Labute approximate surface area is 145 Å². The molecule has 0 saturated carbocycles. The van der Waals surface area contributed by atoms with Crippen molar-refractivity contribution in [1.29, 1.82) is 0 Å². The van der Waals surface area contributed by atoms with Crippen molar-refractivity contribution in [3.63, 3.8) is 0 Å². The lowest BCUT2D eigenvalue weighted by Gasteiger charge is -2.40. The summed E-state index contributed by atoms with van der Waals surface area (Å²) in [5, 5.41) is -0.478. The minimum Gasteiger partial charge on any atom is -0.229 e. The maximum atomic E-state index is 13.6. The fraction of sp³-hybridized carbons (Fsp3) is 0.556. The standard InChI is InChI=1S/C18H32O2SSi2/c1-15(2)17(14-16-12-10-9-11-13-16)21(19,20)18(22(3,4)5)23(6,7)8/h9-13,17-18H,1,14H2,2-8H3/t17-/m1/s1. The van der Waals surface area contributed by atoms with Crippen molar-refractivity contribution in [2.45, 2.75) is 62.4 Å². The van der Waals surface area contributed by atoms with Crippen LogP contribution >= 0.6 is 0 Å². The molecule has 0 unspecified atom stereocenters. The molecule has 0 radical (unpaired) electrons. The zero-order chi connectivity index (χ0) is 18.1. The molecule has 0 saturated heterocycles. The fourth-order valence-electron chi connectivity index (χ4n) is 3.85. The minimum absolute atomic E-state index is 0.159. The summed E-state index contributed by atoms with van der Waals surface area (Å²) in [6, 6.07) is 9.89. The monoisotopic (exact) mass is 368 g/mol. The number of sulfone groups is 1. The third kappa shape index (κ3) is 5.16. The number of hydrogen-bond donors (Lipinski definition) is 0. The molecule has 0 heterocycles. The van der Waals surface area contributed by atoms with E-state index in [1.54, 1.807) is 0 Å². The summed E-state index contributed by atoms with van der Waals surface area (Å²) in [5.41, 5.74) is 1.82. The molecule has 0 N–H and O–H groups in total. The lowest BCUT2D eigenvalue weighted by Crippen LogP contribution is -2.60. The van der Waals surface area contributed by atoms with Gasteiger partial charge in [0, 0.05) is 4.50 Å². The fourth-order valence-corrected chi connectivity index (χ4v) is 24.4. The quantitative estimate of drug-likeness (QED) is 0.516. The van der Waals surface area contributed by atoms with E-state index < -0.39 is 31.2 Å². The van der Waals surface area contributed by atoms with E-state index in [1.807, 2.05) is 37.3 Å². The molecule has 0 aliphatic heterocycles. The largest absolute Gasteiger partial charge is 0.229 e. The Morgan fingerprint density at radius 1 is 1.00 bits per heavy atom. The molecule has 1 rings (SSSR count). The zero-order valence-electron chi connectivity index (χ0n) is 15.7. The molecular weight excluding hydrogens is 336 g/mol. The van der Waals surface area contributed by atoms with E-state index >= 15 is 0 Å². The molecule has 1 aromatic rings. The molecule has 1 aromatic carbocycles. The Morgan fingerprint density at radius 3 is 1.78 bits per heavy atom. The molecule has 2 nitrogen and oxygen atoms in total. The summed E-state index contributed by atoms with van der Waals surface area (Å²) in [5.74, 6) is 0. The van der Waals surface area contributed by atoms with Crippen LogP contribution in [0.3, 0.4) is 0 Å². The predicted octanol–water partition coefficient (Wildman–Crippen LogP) is 4.71. The van der Waals surface area contributed by atoms with Gasteiger partial charge in [0.1, 0.15) is 0 Å². The second-order valence-corrected chi connectivity index (χ2v) is 23.0. The van der Waals surface area contributed by atoms with Gasteiger partial charge in [-0.25, -0.2) is 8.42 Å². The molecule has 0 bridgehead atoms. The van der Waals surface area contributed by atoms with Crippen molar-refractivity contribution in [1.82, 2.24) is 0 Å². The zero-order valence-corrected chi connectivity index (χ0v) is 18.5. The first kappa shape index (κ1) is 20.4. The van der Waals surface area contributed by atoms with Crippen LogP contribution in [-0.4, -0.2) is 34.3 Å². The average molecular weight is 369 g/mol. The third-order valence-corrected chi connectivity index (χ3v) is 20.7. The van der Waals surface area contributed by atoms with Gasteiger partial charge < -0.3 is 0 Å². The lowest BCUT2D eigenvalue weighted by atomic mass is 10.1. The number of benzene rings is 1. The molecule has 0 amide bonds. The molecular formula is C18H32O2SSi2. The Bertz CT molecular complexity index is 624. The molecule has 0 fully saturated rings. The maximum absolute atomic E-state index is 13.6.